The summed E-state index contributed by atoms with van der Waals surface area (Å²) in [5.74, 6) is -2.03. The molecule has 0 radical (unpaired) electrons. The molecule has 4 atom stereocenters. The molecule has 2 bridgehead atoms. The average Bonchev–Trinajstić information content (AvgIpc) is 3.52. The third-order valence-corrected chi connectivity index (χ3v) is 9.05. The van der Waals surface area contributed by atoms with Crippen LogP contribution in [0.25, 0.3) is 10.2 Å². The van der Waals surface area contributed by atoms with Gasteiger partial charge in [-0.25, -0.2) is 4.98 Å². The van der Waals surface area contributed by atoms with Crippen LogP contribution >= 0.6 is 11.3 Å². The molecule has 1 aromatic heterocycles. The lowest BCUT2D eigenvalue weighted by atomic mass is 9.99. The lowest BCUT2D eigenvalue weighted by Gasteiger charge is -2.27. The number of nitrogens with one attached hydrogen (secondary N) is 4. The molecule has 5 rings (SSSR count). The molecule has 0 spiro atoms. The molecule has 2 aromatic carbocycles. The van der Waals surface area contributed by atoms with E-state index in [0.29, 0.717) is 17.7 Å². The summed E-state index contributed by atoms with van der Waals surface area (Å²) >= 11 is 1.23. The number of carbonyl (C=O) groups is 5. The number of thiazole rings is 1. The van der Waals surface area contributed by atoms with Crippen LogP contribution in [0.3, 0.4) is 0 Å². The maximum absolute atomic E-state index is 14.1. The molecule has 0 unspecified atom stereocenters. The van der Waals surface area contributed by atoms with Crippen molar-refractivity contribution in [1.82, 2.24) is 26.3 Å². The van der Waals surface area contributed by atoms with Gasteiger partial charge < -0.3 is 37.5 Å². The molecule has 51 heavy (non-hydrogen) atoms. The van der Waals surface area contributed by atoms with E-state index in [-0.39, 0.29) is 61.5 Å². The second kappa shape index (κ2) is 18.6. The number of para-hydroxylation sites is 1. The van der Waals surface area contributed by atoms with E-state index in [0.717, 1.165) is 10.3 Å². The highest BCUT2D eigenvalue weighted by molar-refractivity contribution is 7.20. The molecule has 2 aliphatic rings. The molecule has 0 saturated heterocycles. The van der Waals surface area contributed by atoms with Gasteiger partial charge in [-0.3, -0.25) is 29.0 Å². The van der Waals surface area contributed by atoms with Crippen molar-refractivity contribution in [2.24, 2.45) is 22.4 Å². The average molecular weight is 719 g/mol. The van der Waals surface area contributed by atoms with Crippen molar-refractivity contribution < 1.29 is 28.7 Å². The van der Waals surface area contributed by atoms with Crippen LogP contribution in [0.5, 0.6) is 5.75 Å². The Bertz CT molecular complexity index is 1720. The van der Waals surface area contributed by atoms with Crippen molar-refractivity contribution in [3.63, 3.8) is 0 Å². The van der Waals surface area contributed by atoms with E-state index in [1.165, 1.54) is 18.3 Å². The van der Waals surface area contributed by atoms with Crippen LogP contribution in [0, 0.1) is 5.92 Å². The summed E-state index contributed by atoms with van der Waals surface area (Å²) in [6, 6.07) is 10.4. The number of fused-ring (bicyclic) bond motifs is 14. The summed E-state index contributed by atoms with van der Waals surface area (Å²) in [6.07, 6.45) is 4.57. The first-order chi connectivity index (χ1) is 24.4. The monoisotopic (exact) mass is 718 g/mol. The predicted molar refractivity (Wildman–Crippen MR) is 196 cm³/mol. The molecule has 3 heterocycles. The number of benzene rings is 2. The fourth-order valence-electron chi connectivity index (χ4n) is 5.51. The third-order valence-electron chi connectivity index (χ3n) is 8.00. The van der Waals surface area contributed by atoms with Gasteiger partial charge in [-0.1, -0.05) is 50.3 Å². The molecule has 2 aliphatic heterocycles. The minimum absolute atomic E-state index is 0.00716. The molecular weight excluding hydrogens is 673 g/mol. The largest absolute Gasteiger partial charge is 0.490 e. The zero-order valence-corrected chi connectivity index (χ0v) is 29.8. The maximum atomic E-state index is 14.1. The van der Waals surface area contributed by atoms with Crippen LogP contribution in [-0.2, 0) is 25.6 Å². The second-order valence-electron chi connectivity index (χ2n) is 12.7. The zero-order valence-electron chi connectivity index (χ0n) is 29.0. The molecule has 272 valence electrons. The first-order valence-corrected chi connectivity index (χ1v) is 17.7. The minimum atomic E-state index is -1.14. The van der Waals surface area contributed by atoms with E-state index in [1.807, 2.05) is 38.1 Å². The van der Waals surface area contributed by atoms with Gasteiger partial charge in [0, 0.05) is 19.9 Å². The van der Waals surface area contributed by atoms with Crippen LogP contribution in [0.1, 0.15) is 61.8 Å². The number of ether oxygens (including phenoxy) is 1. The number of rotatable bonds is 11. The van der Waals surface area contributed by atoms with E-state index in [9.17, 15) is 24.0 Å². The Morgan fingerprint density at radius 1 is 1.04 bits per heavy atom. The SMILES string of the molecule is CC(=O)N[C@H]1C/C=C/COc2ccc(cc2)C[C@@H](C(=O)N[C@@H](CCCN=C(N)N)C(=O)c2nc3ccccc3s2)NC(=O)[C@H](CC(C)C)NC1=O. The summed E-state index contributed by atoms with van der Waals surface area (Å²) in [4.78, 5) is 75.8. The van der Waals surface area contributed by atoms with Crippen LogP contribution < -0.4 is 37.5 Å². The minimum Gasteiger partial charge on any atom is -0.490 e. The summed E-state index contributed by atoms with van der Waals surface area (Å²) in [5, 5.41) is 11.4. The van der Waals surface area contributed by atoms with Gasteiger partial charge in [0.1, 0.15) is 30.5 Å². The van der Waals surface area contributed by atoms with Crippen molar-refractivity contribution in [3.8, 4) is 5.75 Å². The fourth-order valence-corrected chi connectivity index (χ4v) is 6.47. The van der Waals surface area contributed by atoms with Crippen LogP contribution in [0.15, 0.2) is 65.7 Å². The Hall–Kier alpha value is -5.31. The summed E-state index contributed by atoms with van der Waals surface area (Å²) in [7, 11) is 0. The van der Waals surface area contributed by atoms with Gasteiger partial charge in [-0.2, -0.15) is 0 Å². The van der Waals surface area contributed by atoms with Crippen LogP contribution in [0.4, 0.5) is 0 Å². The highest BCUT2D eigenvalue weighted by Crippen LogP contribution is 2.23. The molecule has 4 amide bonds. The van der Waals surface area contributed by atoms with Crippen molar-refractivity contribution in [2.45, 2.75) is 77.0 Å². The maximum Gasteiger partial charge on any atom is 0.243 e. The zero-order chi connectivity index (χ0) is 36.9. The lowest BCUT2D eigenvalue weighted by molar-refractivity contribution is -0.133. The Morgan fingerprint density at radius 3 is 2.47 bits per heavy atom. The Kier molecular flexibility index (Phi) is 14.1. The smallest absolute Gasteiger partial charge is 0.243 e. The number of ketones is 1. The third kappa shape index (κ3) is 11.9. The number of nitrogens with two attached hydrogens (primary N) is 2. The van der Waals surface area contributed by atoms with Crippen molar-refractivity contribution in [2.75, 3.05) is 13.2 Å². The molecule has 8 N–H and O–H groups in total. The van der Waals surface area contributed by atoms with Crippen LogP contribution in [-0.4, -0.2) is 77.7 Å². The first-order valence-electron chi connectivity index (χ1n) is 16.9. The number of hydrogen-bond acceptors (Lipinski definition) is 9. The number of amides is 4. The Morgan fingerprint density at radius 2 is 1.78 bits per heavy atom. The molecular formula is C36H46N8O6S. The number of carbonyl (C=O) groups excluding carboxylic acids is 5. The van der Waals surface area contributed by atoms with E-state index < -0.39 is 47.8 Å². The van der Waals surface area contributed by atoms with Crippen molar-refractivity contribution in [1.29, 1.82) is 0 Å². The molecule has 0 aliphatic carbocycles. The second-order valence-corrected chi connectivity index (χ2v) is 13.8. The summed E-state index contributed by atoms with van der Waals surface area (Å²) in [5.41, 5.74) is 12.4. The quantitative estimate of drug-likeness (QED) is 0.0561. The fraction of sp³-hybridized carbons (Fsp3) is 0.417. The number of aromatic nitrogens is 1. The first kappa shape index (κ1) is 38.5. The Balaban J connectivity index is 1.65. The van der Waals surface area contributed by atoms with E-state index in [4.69, 9.17) is 16.2 Å². The van der Waals surface area contributed by atoms with Gasteiger partial charge in [0.25, 0.3) is 0 Å². The lowest BCUT2D eigenvalue weighted by Crippen LogP contribution is -2.58. The highest BCUT2D eigenvalue weighted by atomic mass is 32.1. The Labute approximate surface area is 300 Å². The van der Waals surface area contributed by atoms with Crippen molar-refractivity contribution >= 4 is 56.9 Å². The van der Waals surface area contributed by atoms with E-state index in [2.05, 4.69) is 31.2 Å². The normalized spacial score (nSPS) is 19.6. The van der Waals surface area contributed by atoms with Crippen molar-refractivity contribution in [3.05, 3.63) is 71.3 Å². The topological polar surface area (TPSA) is 220 Å². The predicted octanol–water partition coefficient (Wildman–Crippen LogP) is 2.12. The summed E-state index contributed by atoms with van der Waals surface area (Å²) in [6.45, 7) is 5.58. The van der Waals surface area contributed by atoms with Gasteiger partial charge >= 0.3 is 0 Å². The molecule has 15 heteroatoms. The standard InChI is InChI=1S/C36H46N8O6S/c1-21(2)19-28-33(48)43-29(20-23-13-15-24(16-14-23)50-18-7-6-10-27(32(47)42-28)40-22(3)45)34(49)41-26(11-8-17-39-36(37)38)31(46)35-44-25-9-4-5-12-30(25)51-35/h4-7,9,12-16,21,26-29H,8,10-11,17-20H2,1-3H3,(H,40,45)(H,41,49)(H,42,47)(H,43,48)(H4,37,38,39)/b7-6+/t26-,27-,28-,29-/m0/s1. The molecule has 0 saturated carbocycles. The number of nitrogens with zero attached hydrogens (tertiary/aromatic N) is 2. The molecule has 0 fully saturated rings. The van der Waals surface area contributed by atoms with Gasteiger partial charge in [0.15, 0.2) is 11.0 Å². The number of Topliss-reactive ketones (excluding diaryl/α,β-unsaturated/α-hetero) is 1. The van der Waals surface area contributed by atoms with E-state index >= 15 is 0 Å². The van der Waals surface area contributed by atoms with Crippen LogP contribution in [0.2, 0.25) is 0 Å². The van der Waals surface area contributed by atoms with Gasteiger partial charge in [0.2, 0.25) is 29.4 Å². The highest BCUT2D eigenvalue weighted by Gasteiger charge is 2.32. The van der Waals surface area contributed by atoms with E-state index in [1.54, 1.807) is 36.4 Å². The van der Waals surface area contributed by atoms with Gasteiger partial charge in [-0.15, -0.1) is 11.3 Å². The number of guanidine groups is 1. The summed E-state index contributed by atoms with van der Waals surface area (Å²) < 4.78 is 6.62. The van der Waals surface area contributed by atoms with Gasteiger partial charge in [-0.05, 0) is 61.4 Å². The molecule has 14 nitrogen and oxygen atoms in total. The number of aliphatic imine (C=N–C) groups is 1. The molecule has 3 aromatic rings. The number of hydrogen-bond donors (Lipinski definition) is 6. The van der Waals surface area contributed by atoms with Gasteiger partial charge in [0.05, 0.1) is 16.3 Å².